The van der Waals surface area contributed by atoms with E-state index in [0.29, 0.717) is 0 Å². The fraction of sp³-hybridized carbons (Fsp3) is 0.333. The van der Waals surface area contributed by atoms with Crippen LogP contribution >= 0.6 is 5.47 Å². The highest BCUT2D eigenvalue weighted by atomic mass is 32.7. The Bertz CT molecular complexity index is 95.4. The zero-order valence-electron chi connectivity index (χ0n) is 3.26. The van der Waals surface area contributed by atoms with E-state index in [4.69, 9.17) is 0 Å². The van der Waals surface area contributed by atoms with Crippen LogP contribution in [0.5, 0.6) is 0 Å². The zero-order chi connectivity index (χ0) is 4.99. The molecule has 0 unspecified atom stereocenters. The van der Waals surface area contributed by atoms with Gasteiger partial charge in [0.15, 0.2) is 0 Å². The molecule has 0 spiro atoms. The summed E-state index contributed by atoms with van der Waals surface area (Å²) >= 11 is 9.37. The molecule has 0 aromatic heterocycles. The predicted octanol–water partition coefficient (Wildman–Crippen LogP) is 1.58. The van der Waals surface area contributed by atoms with Gasteiger partial charge in [0.25, 0.3) is 0 Å². The summed E-state index contributed by atoms with van der Waals surface area (Å²) in [5.74, 6) is 0. The van der Waals surface area contributed by atoms with Crippen molar-refractivity contribution in [1.29, 1.82) is 0 Å². The first kappa shape index (κ1) is 6.48. The van der Waals surface area contributed by atoms with Gasteiger partial charge in [-0.2, -0.15) is 0 Å². The minimum Gasteiger partial charge on any atom is -0.102 e. The molecule has 0 N–H and O–H groups in total. The molecule has 3 heteroatoms. The standard InChI is InChI=1S/C3H5PS2/c1-2-3-4(5)6/h2H,1,3H2. The number of hydrogen-bond donors (Lipinski definition) is 0. The summed E-state index contributed by atoms with van der Waals surface area (Å²) in [6.45, 7) is 3.48. The van der Waals surface area contributed by atoms with Crippen molar-refractivity contribution in [3.05, 3.63) is 12.7 Å². The molecule has 0 bridgehead atoms. The van der Waals surface area contributed by atoms with Crippen LogP contribution in [-0.4, -0.2) is 6.16 Å². The van der Waals surface area contributed by atoms with Crippen LogP contribution in [0, 0.1) is 0 Å². The lowest BCUT2D eigenvalue weighted by Crippen LogP contribution is -1.51. The highest BCUT2D eigenvalue weighted by Gasteiger charge is 1.66. The van der Waals surface area contributed by atoms with E-state index in [1.165, 1.54) is 0 Å². The van der Waals surface area contributed by atoms with E-state index in [9.17, 15) is 0 Å². The maximum atomic E-state index is 4.69. The molecule has 0 aromatic rings. The molecular weight excluding hydrogens is 131 g/mol. The molecule has 0 amide bonds. The van der Waals surface area contributed by atoms with Crippen LogP contribution in [0.3, 0.4) is 0 Å². The molecule has 0 aromatic carbocycles. The van der Waals surface area contributed by atoms with E-state index in [2.05, 4.69) is 30.2 Å². The minimum absolute atomic E-state index is 0.552. The number of allylic oxidation sites excluding steroid dienone is 1. The van der Waals surface area contributed by atoms with Crippen molar-refractivity contribution in [2.24, 2.45) is 0 Å². The quantitative estimate of drug-likeness (QED) is 0.417. The van der Waals surface area contributed by atoms with Gasteiger partial charge in [0.05, 0.1) is 0 Å². The highest BCUT2D eigenvalue weighted by molar-refractivity contribution is 8.25. The van der Waals surface area contributed by atoms with E-state index in [-0.39, 0.29) is 0 Å². The summed E-state index contributed by atoms with van der Waals surface area (Å²) in [4.78, 5) is 0. The van der Waals surface area contributed by atoms with E-state index >= 15 is 0 Å². The van der Waals surface area contributed by atoms with Gasteiger partial charge in [-0.05, 0) is 0 Å². The van der Waals surface area contributed by atoms with Crippen LogP contribution in [0.2, 0.25) is 0 Å². The van der Waals surface area contributed by atoms with Crippen molar-refractivity contribution in [2.45, 2.75) is 0 Å². The number of rotatable bonds is 2. The molecule has 0 saturated carbocycles. The normalized spacial score (nSPS) is 7.33. The van der Waals surface area contributed by atoms with Crippen LogP contribution in [0.4, 0.5) is 0 Å². The largest absolute Gasteiger partial charge is 0.102 e. The Kier molecular flexibility index (Phi) is 3.96. The van der Waals surface area contributed by atoms with Crippen molar-refractivity contribution in [2.75, 3.05) is 6.16 Å². The Morgan fingerprint density at radius 1 is 1.67 bits per heavy atom. The third-order valence-electron chi connectivity index (χ3n) is 0.278. The summed E-state index contributed by atoms with van der Waals surface area (Å²) in [6.07, 6.45) is 2.60. The molecule has 34 valence electrons. The fourth-order valence-corrected chi connectivity index (χ4v) is 0.949. The van der Waals surface area contributed by atoms with Crippen molar-refractivity contribution < 1.29 is 0 Å². The van der Waals surface area contributed by atoms with Gasteiger partial charge in [-0.15, -0.1) is 6.58 Å². The lowest BCUT2D eigenvalue weighted by atomic mass is 10.8. The topological polar surface area (TPSA) is 0 Å². The van der Waals surface area contributed by atoms with Crippen LogP contribution in [-0.2, 0) is 23.6 Å². The summed E-state index contributed by atoms with van der Waals surface area (Å²) in [5, 5.41) is 0. The molecule has 0 nitrogen and oxygen atoms in total. The van der Waals surface area contributed by atoms with Gasteiger partial charge in [0.2, 0.25) is 0 Å². The molecule has 0 aliphatic rings. The predicted molar refractivity (Wildman–Crippen MR) is 36.7 cm³/mol. The second-order valence-electron chi connectivity index (χ2n) is 0.804. The lowest BCUT2D eigenvalue weighted by Gasteiger charge is -1.68. The van der Waals surface area contributed by atoms with Crippen LogP contribution in [0.25, 0.3) is 0 Å². The van der Waals surface area contributed by atoms with E-state index < -0.39 is 5.47 Å². The summed E-state index contributed by atoms with van der Waals surface area (Å²) in [5.41, 5.74) is -0.552. The van der Waals surface area contributed by atoms with Gasteiger partial charge >= 0.3 is 0 Å². The summed E-state index contributed by atoms with van der Waals surface area (Å²) < 4.78 is 0. The molecule has 0 aliphatic heterocycles. The number of hydrogen-bond acceptors (Lipinski definition) is 2. The third-order valence-corrected chi connectivity index (χ3v) is 1.73. The average Bonchev–Trinajstić information content (AvgIpc) is 1.35. The first-order valence-corrected chi connectivity index (χ1v) is 5.05. The van der Waals surface area contributed by atoms with Crippen molar-refractivity contribution in [1.82, 2.24) is 0 Å². The van der Waals surface area contributed by atoms with E-state index in [1.807, 2.05) is 0 Å². The van der Waals surface area contributed by atoms with Crippen molar-refractivity contribution >= 4 is 29.1 Å². The van der Waals surface area contributed by atoms with Gasteiger partial charge in [0, 0.05) is 11.6 Å². The highest BCUT2D eigenvalue weighted by Crippen LogP contribution is 2.00. The zero-order valence-corrected chi connectivity index (χ0v) is 5.78. The second-order valence-corrected chi connectivity index (χ2v) is 5.17. The Labute approximate surface area is 48.3 Å². The second kappa shape index (κ2) is 3.66. The molecule has 0 rings (SSSR count). The first-order chi connectivity index (χ1) is 2.77. The SMILES string of the molecule is C=CCP(=S)=S. The van der Waals surface area contributed by atoms with Gasteiger partial charge < -0.3 is 0 Å². The van der Waals surface area contributed by atoms with Gasteiger partial charge in [-0.3, -0.25) is 0 Å². The average molecular weight is 136 g/mol. The maximum absolute atomic E-state index is 4.69. The third kappa shape index (κ3) is 4.48. The van der Waals surface area contributed by atoms with Crippen LogP contribution in [0.1, 0.15) is 0 Å². The van der Waals surface area contributed by atoms with Crippen LogP contribution < -0.4 is 0 Å². The molecule has 0 saturated heterocycles. The van der Waals surface area contributed by atoms with Gasteiger partial charge in [-0.25, -0.2) is 0 Å². The Hall–Kier alpha value is 0.480. The maximum Gasteiger partial charge on any atom is 0.0232 e. The van der Waals surface area contributed by atoms with Crippen molar-refractivity contribution in [3.63, 3.8) is 0 Å². The summed E-state index contributed by atoms with van der Waals surface area (Å²) in [6, 6.07) is 0. The Morgan fingerprint density at radius 2 is 2.17 bits per heavy atom. The lowest BCUT2D eigenvalue weighted by molar-refractivity contribution is 1.83. The van der Waals surface area contributed by atoms with Crippen LogP contribution in [0.15, 0.2) is 12.7 Å². The fourth-order valence-electron chi connectivity index (χ4n) is 0.105. The molecule has 0 atom stereocenters. The molecule has 0 aliphatic carbocycles. The van der Waals surface area contributed by atoms with E-state index in [1.54, 1.807) is 6.08 Å². The molecule has 0 radical (unpaired) electrons. The van der Waals surface area contributed by atoms with Gasteiger partial charge in [-0.1, -0.05) is 29.7 Å². The smallest absolute Gasteiger partial charge is 0.0232 e. The van der Waals surface area contributed by atoms with E-state index in [0.717, 1.165) is 6.16 Å². The Balaban J connectivity index is 3.32. The first-order valence-electron chi connectivity index (χ1n) is 1.50. The Morgan fingerprint density at radius 3 is 2.17 bits per heavy atom. The minimum atomic E-state index is -0.552. The van der Waals surface area contributed by atoms with Crippen molar-refractivity contribution in [3.8, 4) is 0 Å². The molecule has 0 heterocycles. The molecule has 6 heavy (non-hydrogen) atoms. The molecular formula is C3H5PS2. The van der Waals surface area contributed by atoms with Gasteiger partial charge in [0.1, 0.15) is 0 Å². The monoisotopic (exact) mass is 136 g/mol. The molecule has 0 fully saturated rings. The summed E-state index contributed by atoms with van der Waals surface area (Å²) in [7, 11) is 0.